The van der Waals surface area contributed by atoms with E-state index in [0.717, 1.165) is 5.56 Å². The summed E-state index contributed by atoms with van der Waals surface area (Å²) in [6.07, 6.45) is -6.04. The lowest BCUT2D eigenvalue weighted by Crippen LogP contribution is -2.65. The molecule has 17 nitrogen and oxygen atoms in total. The summed E-state index contributed by atoms with van der Waals surface area (Å²) in [5.74, 6) is -5.77. The second-order valence-corrected chi connectivity index (χ2v) is 10.4. The van der Waals surface area contributed by atoms with Crippen LogP contribution in [-0.4, -0.2) is 118 Å². The summed E-state index contributed by atoms with van der Waals surface area (Å²) in [6, 6.07) is 3.89. The predicted octanol–water partition coefficient (Wildman–Crippen LogP) is -2.39. The second kappa shape index (κ2) is 18.0. The van der Waals surface area contributed by atoms with Crippen LogP contribution in [0.15, 0.2) is 30.3 Å². The van der Waals surface area contributed by atoms with Crippen LogP contribution in [0.3, 0.4) is 0 Å². The molecule has 0 bridgehead atoms. The minimum atomic E-state index is -1.50. The van der Waals surface area contributed by atoms with Gasteiger partial charge in [0.05, 0.1) is 13.2 Å². The van der Waals surface area contributed by atoms with Crippen molar-refractivity contribution in [2.24, 2.45) is 0 Å². The number of carboxylic acid groups (broad SMARTS) is 2. The van der Waals surface area contributed by atoms with Crippen molar-refractivity contribution in [2.45, 2.75) is 89.0 Å². The van der Waals surface area contributed by atoms with Crippen LogP contribution in [0.25, 0.3) is 0 Å². The number of rotatable bonds is 17. The highest BCUT2D eigenvalue weighted by Crippen LogP contribution is 2.25. The van der Waals surface area contributed by atoms with Gasteiger partial charge in [0.25, 0.3) is 0 Å². The average molecular weight is 641 g/mol. The maximum atomic E-state index is 12.7. The Balaban J connectivity index is 2.06. The number of aliphatic hydroxyl groups excluding tert-OH is 2. The van der Waals surface area contributed by atoms with Gasteiger partial charge in [-0.3, -0.25) is 28.8 Å². The lowest BCUT2D eigenvalue weighted by molar-refractivity contribution is -0.279. The highest BCUT2D eigenvalue weighted by Gasteiger charge is 2.47. The van der Waals surface area contributed by atoms with Crippen molar-refractivity contribution in [3.05, 3.63) is 35.9 Å². The largest absolute Gasteiger partial charge is 0.481 e. The molecule has 0 aliphatic carbocycles. The van der Waals surface area contributed by atoms with Gasteiger partial charge in [0.2, 0.25) is 23.6 Å². The molecule has 3 unspecified atom stereocenters. The minimum Gasteiger partial charge on any atom is -0.481 e. The first-order valence-corrected chi connectivity index (χ1v) is 14.1. The van der Waals surface area contributed by atoms with E-state index < -0.39 is 104 Å². The average Bonchev–Trinajstić information content (AvgIpc) is 2.98. The highest BCUT2D eigenvalue weighted by molar-refractivity contribution is 5.93. The second-order valence-electron chi connectivity index (χ2n) is 10.4. The molecule has 0 spiro atoms. The Morgan fingerprint density at radius 2 is 1.60 bits per heavy atom. The number of aliphatic carboxylic acids is 2. The molecule has 8 N–H and O–H groups in total. The van der Waals surface area contributed by atoms with Gasteiger partial charge in [-0.05, 0) is 25.8 Å². The van der Waals surface area contributed by atoms with Crippen LogP contribution < -0.4 is 21.3 Å². The van der Waals surface area contributed by atoms with Gasteiger partial charge in [0, 0.05) is 13.3 Å². The zero-order valence-electron chi connectivity index (χ0n) is 25.0. The topological polar surface area (TPSA) is 259 Å². The SMILES string of the molecule is CC(=O)N[C@H]1[C@@H](OCc2ccccc2)O[C@H](CO)[C@@H](O)[C@@H]1OCC(=O)NC(C)C(=O)NC(CCC(=O)O)C(=O)NC(C)C(=O)O. The van der Waals surface area contributed by atoms with E-state index in [-0.39, 0.29) is 13.0 Å². The van der Waals surface area contributed by atoms with Gasteiger partial charge in [-0.1, -0.05) is 30.3 Å². The van der Waals surface area contributed by atoms with Gasteiger partial charge in [0.15, 0.2) is 6.29 Å². The Morgan fingerprint density at radius 1 is 0.933 bits per heavy atom. The maximum Gasteiger partial charge on any atom is 0.325 e. The van der Waals surface area contributed by atoms with Crippen molar-refractivity contribution in [1.29, 1.82) is 0 Å². The molecule has 1 aliphatic rings. The number of aliphatic hydroxyl groups is 2. The van der Waals surface area contributed by atoms with Crippen molar-refractivity contribution < 1.29 is 63.4 Å². The zero-order chi connectivity index (χ0) is 33.7. The number of carbonyl (C=O) groups excluding carboxylic acids is 4. The Labute approximate surface area is 258 Å². The van der Waals surface area contributed by atoms with Crippen LogP contribution in [0.4, 0.5) is 0 Å². The van der Waals surface area contributed by atoms with Crippen LogP contribution in [0, 0.1) is 0 Å². The normalized spacial score (nSPS) is 23.1. The minimum absolute atomic E-state index is 0.0520. The summed E-state index contributed by atoms with van der Waals surface area (Å²) in [6.45, 7) is 2.37. The van der Waals surface area contributed by atoms with Crippen LogP contribution in [0.2, 0.25) is 0 Å². The van der Waals surface area contributed by atoms with Crippen LogP contribution in [0.5, 0.6) is 0 Å². The fraction of sp³-hybridized carbons (Fsp3) is 0.571. The van der Waals surface area contributed by atoms with Crippen LogP contribution in [-0.2, 0) is 49.6 Å². The first-order chi connectivity index (χ1) is 21.2. The number of hydrogen-bond donors (Lipinski definition) is 8. The fourth-order valence-corrected chi connectivity index (χ4v) is 4.28. The number of nitrogens with one attached hydrogen (secondary N) is 4. The number of benzene rings is 1. The third-order valence-electron chi connectivity index (χ3n) is 6.67. The molecule has 1 heterocycles. The molecular formula is C28H40N4O13. The van der Waals surface area contributed by atoms with Crippen molar-refractivity contribution in [2.75, 3.05) is 13.2 Å². The molecule has 1 saturated heterocycles. The van der Waals surface area contributed by atoms with Crippen molar-refractivity contribution >= 4 is 35.6 Å². The third-order valence-corrected chi connectivity index (χ3v) is 6.67. The van der Waals surface area contributed by atoms with Crippen molar-refractivity contribution in [3.63, 3.8) is 0 Å². The third kappa shape index (κ3) is 12.0. The van der Waals surface area contributed by atoms with E-state index >= 15 is 0 Å². The van der Waals surface area contributed by atoms with Gasteiger partial charge < -0.3 is 55.9 Å². The Hall–Kier alpha value is -4.16. The molecule has 8 atom stereocenters. The number of amides is 4. The molecule has 1 fully saturated rings. The number of ether oxygens (including phenoxy) is 3. The summed E-state index contributed by atoms with van der Waals surface area (Å²) in [5, 5.41) is 47.9. The van der Waals surface area contributed by atoms with Gasteiger partial charge in [-0.2, -0.15) is 0 Å². The molecule has 1 aliphatic heterocycles. The molecule has 0 radical (unpaired) electrons. The molecule has 250 valence electrons. The molecule has 45 heavy (non-hydrogen) atoms. The maximum absolute atomic E-state index is 12.7. The van der Waals surface area contributed by atoms with E-state index in [0.29, 0.717) is 0 Å². The van der Waals surface area contributed by atoms with Gasteiger partial charge in [-0.15, -0.1) is 0 Å². The molecule has 2 rings (SSSR count). The van der Waals surface area contributed by atoms with E-state index in [1.54, 1.807) is 24.3 Å². The standard InChI is InChI=1S/C28H40N4O13/c1-14(25(39)32-18(9-10-21(36)37)26(40)30-15(2)27(41)42)29-20(35)13-43-24-22(31-16(3)34)28(45-19(11-33)23(24)38)44-12-17-7-5-4-6-8-17/h4-8,14-15,18-19,22-24,28,33,38H,9-13H2,1-3H3,(H,29,35)(H,30,40)(H,31,34)(H,32,39)(H,36,37)(H,41,42)/t14?,15?,18?,19-,22-,23-,24-,28+/m1/s1. The smallest absolute Gasteiger partial charge is 0.325 e. The molecular weight excluding hydrogens is 600 g/mol. The molecule has 0 aromatic heterocycles. The van der Waals surface area contributed by atoms with E-state index in [9.17, 15) is 39.0 Å². The summed E-state index contributed by atoms with van der Waals surface area (Å²) < 4.78 is 17.2. The van der Waals surface area contributed by atoms with E-state index in [1.165, 1.54) is 20.8 Å². The number of hydrogen-bond acceptors (Lipinski definition) is 11. The molecule has 17 heteroatoms. The summed E-state index contributed by atoms with van der Waals surface area (Å²) in [7, 11) is 0. The van der Waals surface area contributed by atoms with Gasteiger partial charge in [0.1, 0.15) is 49.1 Å². The Bertz CT molecular complexity index is 1180. The first kappa shape index (κ1) is 37.0. The Morgan fingerprint density at radius 3 is 2.18 bits per heavy atom. The highest BCUT2D eigenvalue weighted by atomic mass is 16.7. The fourth-order valence-electron chi connectivity index (χ4n) is 4.28. The zero-order valence-corrected chi connectivity index (χ0v) is 25.0. The van der Waals surface area contributed by atoms with Crippen LogP contribution >= 0.6 is 0 Å². The van der Waals surface area contributed by atoms with Crippen LogP contribution in [0.1, 0.15) is 39.2 Å². The molecule has 1 aromatic carbocycles. The van der Waals surface area contributed by atoms with E-state index in [1.807, 2.05) is 6.07 Å². The number of carboxylic acids is 2. The summed E-state index contributed by atoms with van der Waals surface area (Å²) in [5.41, 5.74) is 0.775. The van der Waals surface area contributed by atoms with Crippen molar-refractivity contribution in [1.82, 2.24) is 21.3 Å². The Kier molecular flexibility index (Phi) is 14.8. The van der Waals surface area contributed by atoms with E-state index in [2.05, 4.69) is 21.3 Å². The summed E-state index contributed by atoms with van der Waals surface area (Å²) >= 11 is 0. The van der Waals surface area contributed by atoms with Crippen molar-refractivity contribution in [3.8, 4) is 0 Å². The van der Waals surface area contributed by atoms with Gasteiger partial charge >= 0.3 is 11.9 Å². The quantitative estimate of drug-likeness (QED) is 0.0885. The predicted molar refractivity (Wildman–Crippen MR) is 152 cm³/mol. The molecule has 0 saturated carbocycles. The number of carbonyl (C=O) groups is 6. The van der Waals surface area contributed by atoms with E-state index in [4.69, 9.17) is 24.4 Å². The van der Waals surface area contributed by atoms with Gasteiger partial charge in [-0.25, -0.2) is 0 Å². The lowest BCUT2D eigenvalue weighted by atomic mass is 9.96. The first-order valence-electron chi connectivity index (χ1n) is 14.1. The monoisotopic (exact) mass is 640 g/mol. The molecule has 1 aromatic rings. The lowest BCUT2D eigenvalue weighted by Gasteiger charge is -2.44. The summed E-state index contributed by atoms with van der Waals surface area (Å²) in [4.78, 5) is 72.0. The molecule has 4 amide bonds.